The molecule has 236 valence electrons. The highest BCUT2D eigenvalue weighted by Crippen LogP contribution is 2.13. The zero-order chi connectivity index (χ0) is 30.7. The summed E-state index contributed by atoms with van der Waals surface area (Å²) in [5, 5.41) is 25.8. The molecule has 41 heavy (non-hydrogen) atoms. The van der Waals surface area contributed by atoms with Crippen LogP contribution in [0.5, 0.6) is 0 Å². The molecule has 0 spiro atoms. The normalized spacial score (nSPS) is 12.1. The van der Waals surface area contributed by atoms with Crippen molar-refractivity contribution in [3.8, 4) is 0 Å². The third kappa shape index (κ3) is 39.6. The quantitative estimate of drug-likeness (QED) is 0.0392. The second kappa shape index (κ2) is 35.5. The molecular weight excluding hydrogens is 512 g/mol. The number of aliphatic hydroxyl groups excluding tert-OH is 1. The lowest BCUT2D eigenvalue weighted by Gasteiger charge is -2.02. The van der Waals surface area contributed by atoms with Crippen LogP contribution in [0.2, 0.25) is 0 Å². The molecule has 0 aromatic rings. The molecule has 0 bridgehead atoms. The van der Waals surface area contributed by atoms with Gasteiger partial charge < -0.3 is 15.3 Å². The summed E-state index contributed by atoms with van der Waals surface area (Å²) in [5.41, 5.74) is 0. The lowest BCUT2D eigenvalue weighted by molar-refractivity contribution is -0.137. The Morgan fingerprint density at radius 3 is 1.24 bits per heavy atom. The predicted octanol–water partition coefficient (Wildman–Crippen LogP) is 11.4. The fourth-order valence-corrected chi connectivity index (χ4v) is 4.23. The summed E-state index contributed by atoms with van der Waals surface area (Å²) < 4.78 is 0. The van der Waals surface area contributed by atoms with Crippen LogP contribution < -0.4 is 0 Å². The van der Waals surface area contributed by atoms with Crippen molar-refractivity contribution in [1.82, 2.24) is 0 Å². The predicted molar refractivity (Wildman–Crippen MR) is 175 cm³/mol. The first kappa shape index (κ1) is 40.6. The second-order valence-electron chi connectivity index (χ2n) is 10.7. The SMILES string of the molecule is CCCCCCCCCC=CC=CC=CC=CC=C(O)C(=O)O.CCCCCCCCCCCCCCCC(=O)O. The first-order valence-corrected chi connectivity index (χ1v) is 16.5. The van der Waals surface area contributed by atoms with Crippen LogP contribution >= 0.6 is 0 Å². The molecule has 5 nitrogen and oxygen atoms in total. The smallest absolute Gasteiger partial charge is 0.370 e. The van der Waals surface area contributed by atoms with E-state index < -0.39 is 17.7 Å². The minimum atomic E-state index is -1.33. The molecule has 0 heterocycles. The molecule has 0 unspecified atom stereocenters. The molecule has 5 heteroatoms. The minimum absolute atomic E-state index is 0.345. The van der Waals surface area contributed by atoms with E-state index in [-0.39, 0.29) is 0 Å². The topological polar surface area (TPSA) is 94.8 Å². The van der Waals surface area contributed by atoms with Gasteiger partial charge in [-0.2, -0.15) is 0 Å². The molecule has 0 atom stereocenters. The summed E-state index contributed by atoms with van der Waals surface area (Å²) >= 11 is 0. The molecule has 0 radical (unpaired) electrons. The molecule has 0 saturated heterocycles. The molecule has 0 amide bonds. The van der Waals surface area contributed by atoms with Crippen molar-refractivity contribution in [3.63, 3.8) is 0 Å². The van der Waals surface area contributed by atoms with Crippen molar-refractivity contribution in [1.29, 1.82) is 0 Å². The zero-order valence-electron chi connectivity index (χ0n) is 26.4. The van der Waals surface area contributed by atoms with Gasteiger partial charge in [-0.05, 0) is 25.3 Å². The zero-order valence-corrected chi connectivity index (χ0v) is 26.4. The Morgan fingerprint density at radius 2 is 0.829 bits per heavy atom. The number of carbonyl (C=O) groups is 2. The first-order chi connectivity index (χ1) is 20.0. The van der Waals surface area contributed by atoms with Crippen molar-refractivity contribution < 1.29 is 24.9 Å². The van der Waals surface area contributed by atoms with E-state index >= 15 is 0 Å². The van der Waals surface area contributed by atoms with Gasteiger partial charge in [-0.3, -0.25) is 4.79 Å². The van der Waals surface area contributed by atoms with Crippen LogP contribution in [-0.4, -0.2) is 27.3 Å². The Balaban J connectivity index is 0. The van der Waals surface area contributed by atoms with E-state index in [0.717, 1.165) is 25.3 Å². The largest absolute Gasteiger partial charge is 0.502 e. The van der Waals surface area contributed by atoms with Crippen molar-refractivity contribution in [2.24, 2.45) is 0 Å². The molecule has 3 N–H and O–H groups in total. The molecule has 0 aliphatic rings. The standard InChI is InChI=1S/C20H30O3.C16H32O2/c1-2-3-4-5-6-7-8-9-10-11-12-13-14-15-16-17-18-19(21)20(22)23;1-2-3-4-5-6-7-8-9-10-11-12-13-14-15-16(17)18/h10-18,21H,2-9H2,1H3,(H,22,23);2-15H2,1H3,(H,17,18). The summed E-state index contributed by atoms with van der Waals surface area (Å²) in [6.45, 7) is 4.50. The van der Waals surface area contributed by atoms with Gasteiger partial charge in [0.2, 0.25) is 5.76 Å². The summed E-state index contributed by atoms with van der Waals surface area (Å²) in [5.74, 6) is -2.65. The Hall–Kier alpha value is -2.56. The average Bonchev–Trinajstić information content (AvgIpc) is 2.95. The fourth-order valence-electron chi connectivity index (χ4n) is 4.23. The van der Waals surface area contributed by atoms with E-state index in [2.05, 4.69) is 19.9 Å². The molecule has 0 aromatic carbocycles. The van der Waals surface area contributed by atoms with Crippen LogP contribution in [0.15, 0.2) is 60.4 Å². The van der Waals surface area contributed by atoms with Gasteiger partial charge in [0, 0.05) is 6.42 Å². The van der Waals surface area contributed by atoms with E-state index in [4.69, 9.17) is 15.3 Å². The van der Waals surface area contributed by atoms with E-state index in [1.54, 1.807) is 12.2 Å². The monoisotopic (exact) mass is 574 g/mol. The minimum Gasteiger partial charge on any atom is -0.502 e. The van der Waals surface area contributed by atoms with Gasteiger partial charge in [0.05, 0.1) is 0 Å². The van der Waals surface area contributed by atoms with Crippen LogP contribution in [0.4, 0.5) is 0 Å². The molecule has 0 aromatic heterocycles. The van der Waals surface area contributed by atoms with Gasteiger partial charge >= 0.3 is 11.9 Å². The van der Waals surface area contributed by atoms with E-state index in [1.165, 1.54) is 122 Å². The molecule has 0 aliphatic carbocycles. The number of rotatable bonds is 27. The Morgan fingerprint density at radius 1 is 0.463 bits per heavy atom. The maximum atomic E-state index is 10.3. The van der Waals surface area contributed by atoms with Crippen molar-refractivity contribution >= 4 is 11.9 Å². The van der Waals surface area contributed by atoms with E-state index in [1.807, 2.05) is 24.3 Å². The number of aliphatic hydroxyl groups is 1. The third-order valence-corrected chi connectivity index (χ3v) is 6.74. The Kier molecular flexibility index (Phi) is 35.1. The van der Waals surface area contributed by atoms with Crippen LogP contribution in [0.1, 0.15) is 155 Å². The second-order valence-corrected chi connectivity index (χ2v) is 10.7. The highest BCUT2D eigenvalue weighted by atomic mass is 16.4. The van der Waals surface area contributed by atoms with Gasteiger partial charge in [-0.1, -0.05) is 178 Å². The first-order valence-electron chi connectivity index (χ1n) is 16.5. The summed E-state index contributed by atoms with van der Waals surface area (Å²) in [4.78, 5) is 20.6. The number of allylic oxidation sites excluding steroid dienone is 9. The van der Waals surface area contributed by atoms with Gasteiger partial charge in [0.15, 0.2) is 0 Å². The number of unbranched alkanes of at least 4 members (excludes halogenated alkanes) is 19. The summed E-state index contributed by atoms with van der Waals surface area (Å²) in [6, 6.07) is 0. The van der Waals surface area contributed by atoms with Gasteiger partial charge in [-0.25, -0.2) is 4.79 Å². The van der Waals surface area contributed by atoms with Crippen LogP contribution in [0.25, 0.3) is 0 Å². The molecule has 0 fully saturated rings. The number of carboxylic acid groups (broad SMARTS) is 2. The Bertz CT molecular complexity index is 730. The number of carboxylic acids is 2. The average molecular weight is 575 g/mol. The van der Waals surface area contributed by atoms with Crippen LogP contribution in [0.3, 0.4) is 0 Å². The highest BCUT2D eigenvalue weighted by Gasteiger charge is 1.99. The molecule has 0 rings (SSSR count). The lowest BCUT2D eigenvalue weighted by Crippen LogP contribution is -1.97. The molecule has 0 aliphatic heterocycles. The van der Waals surface area contributed by atoms with E-state index in [0.29, 0.717) is 6.42 Å². The maximum absolute atomic E-state index is 10.3. The van der Waals surface area contributed by atoms with Crippen molar-refractivity contribution in [2.45, 2.75) is 155 Å². The van der Waals surface area contributed by atoms with Crippen LogP contribution in [-0.2, 0) is 9.59 Å². The van der Waals surface area contributed by atoms with Gasteiger partial charge in [-0.15, -0.1) is 0 Å². The third-order valence-electron chi connectivity index (χ3n) is 6.74. The number of hydrogen-bond acceptors (Lipinski definition) is 3. The molecule has 0 saturated carbocycles. The number of hydrogen-bond donors (Lipinski definition) is 3. The fraction of sp³-hybridized carbons (Fsp3) is 0.667. The Labute approximate surface area is 252 Å². The van der Waals surface area contributed by atoms with E-state index in [9.17, 15) is 9.59 Å². The van der Waals surface area contributed by atoms with Crippen molar-refractivity contribution in [3.05, 3.63) is 60.4 Å². The highest BCUT2D eigenvalue weighted by molar-refractivity contribution is 5.84. The number of aliphatic carboxylic acids is 2. The molecular formula is C36H62O5. The lowest BCUT2D eigenvalue weighted by atomic mass is 10.0. The van der Waals surface area contributed by atoms with Crippen LogP contribution in [0, 0.1) is 0 Å². The maximum Gasteiger partial charge on any atom is 0.370 e. The van der Waals surface area contributed by atoms with Crippen molar-refractivity contribution in [2.75, 3.05) is 0 Å². The summed E-state index contributed by atoms with van der Waals surface area (Å²) in [7, 11) is 0. The summed E-state index contributed by atoms with van der Waals surface area (Å²) in [6.07, 6.45) is 43.7. The van der Waals surface area contributed by atoms with Gasteiger partial charge in [0.25, 0.3) is 0 Å². The van der Waals surface area contributed by atoms with Gasteiger partial charge in [0.1, 0.15) is 0 Å².